The van der Waals surface area contributed by atoms with Crippen molar-refractivity contribution in [3.05, 3.63) is 95.6 Å². The molecule has 0 fully saturated rings. The first-order valence-corrected chi connectivity index (χ1v) is 12.1. The van der Waals surface area contributed by atoms with Gasteiger partial charge in [0.05, 0.1) is 17.9 Å². The highest BCUT2D eigenvalue weighted by Gasteiger charge is 2.21. The molecule has 0 aliphatic heterocycles. The van der Waals surface area contributed by atoms with Gasteiger partial charge in [-0.3, -0.25) is 8.98 Å². The van der Waals surface area contributed by atoms with Crippen molar-refractivity contribution in [1.82, 2.24) is 5.32 Å². The molecule has 0 aliphatic rings. The van der Waals surface area contributed by atoms with Crippen LogP contribution in [0.4, 0.5) is 0 Å². The number of benzene rings is 3. The van der Waals surface area contributed by atoms with Gasteiger partial charge >= 0.3 is 0 Å². The molecule has 0 spiro atoms. The van der Waals surface area contributed by atoms with E-state index in [0.29, 0.717) is 24.9 Å². The first-order valence-electron chi connectivity index (χ1n) is 10.2. The van der Waals surface area contributed by atoms with Crippen molar-refractivity contribution in [3.8, 4) is 11.1 Å². The highest BCUT2D eigenvalue weighted by atomic mass is 32.2. The minimum atomic E-state index is -3.60. The van der Waals surface area contributed by atoms with E-state index in [1.807, 2.05) is 85.8 Å². The van der Waals surface area contributed by atoms with Crippen LogP contribution in [0.25, 0.3) is 11.1 Å². The van der Waals surface area contributed by atoms with Crippen LogP contribution in [0.3, 0.4) is 0 Å². The van der Waals surface area contributed by atoms with Crippen molar-refractivity contribution < 1.29 is 17.4 Å². The van der Waals surface area contributed by atoms with Crippen LogP contribution in [-0.2, 0) is 27.3 Å². The van der Waals surface area contributed by atoms with Gasteiger partial charge in [-0.2, -0.15) is 8.42 Å². The Morgan fingerprint density at radius 1 is 0.935 bits per heavy atom. The summed E-state index contributed by atoms with van der Waals surface area (Å²) in [5.74, 6) is -0.201. The third-order valence-corrected chi connectivity index (χ3v) is 5.59. The second-order valence-corrected chi connectivity index (χ2v) is 9.01. The van der Waals surface area contributed by atoms with Crippen LogP contribution >= 0.6 is 0 Å². The van der Waals surface area contributed by atoms with Crippen molar-refractivity contribution in [2.75, 3.05) is 6.26 Å². The summed E-state index contributed by atoms with van der Waals surface area (Å²) in [6, 6.07) is 25.1. The molecular weight excluding hydrogens is 410 g/mol. The summed E-state index contributed by atoms with van der Waals surface area (Å²) in [5, 5.41) is 3.01. The van der Waals surface area contributed by atoms with E-state index < -0.39 is 16.2 Å². The van der Waals surface area contributed by atoms with Gasteiger partial charge in [-0.15, -0.1) is 0 Å². The Hall–Kier alpha value is -2.96. The zero-order chi connectivity index (χ0) is 22.3. The van der Waals surface area contributed by atoms with Gasteiger partial charge in [-0.25, -0.2) is 0 Å². The Morgan fingerprint density at radius 2 is 1.58 bits per heavy atom. The summed E-state index contributed by atoms with van der Waals surface area (Å²) in [4.78, 5) is 13.3. The van der Waals surface area contributed by atoms with E-state index >= 15 is 0 Å². The third-order valence-electron chi connectivity index (χ3n) is 4.97. The molecule has 31 heavy (non-hydrogen) atoms. The molecule has 0 aromatic heterocycles. The fourth-order valence-electron chi connectivity index (χ4n) is 3.50. The quantitative estimate of drug-likeness (QED) is 0.497. The fourth-order valence-corrected chi connectivity index (χ4v) is 4.20. The van der Waals surface area contributed by atoms with Crippen molar-refractivity contribution in [1.29, 1.82) is 0 Å². The van der Waals surface area contributed by atoms with E-state index in [1.54, 1.807) is 0 Å². The van der Waals surface area contributed by atoms with Crippen LogP contribution in [0.15, 0.2) is 78.9 Å². The summed E-state index contributed by atoms with van der Waals surface area (Å²) >= 11 is 0. The molecule has 3 aromatic rings. The maximum absolute atomic E-state index is 13.3. The van der Waals surface area contributed by atoms with Gasteiger partial charge in [-0.1, -0.05) is 85.8 Å². The normalized spacial score (nSPS) is 12.3. The summed E-state index contributed by atoms with van der Waals surface area (Å²) in [5.41, 5.74) is 4.02. The number of hydrogen-bond donors (Lipinski definition) is 1. The SMILES string of the molecule is CCC(Cc1cccc(-c2ccccc2)c1C(=O)NCc1ccccc1)OS(C)(=O)=O. The Morgan fingerprint density at radius 3 is 2.19 bits per heavy atom. The van der Waals surface area contributed by atoms with Crippen molar-refractivity contribution in [2.45, 2.75) is 32.4 Å². The van der Waals surface area contributed by atoms with Crippen LogP contribution < -0.4 is 5.32 Å². The van der Waals surface area contributed by atoms with Gasteiger partial charge in [0.15, 0.2) is 0 Å². The van der Waals surface area contributed by atoms with Crippen molar-refractivity contribution >= 4 is 16.0 Å². The van der Waals surface area contributed by atoms with E-state index in [0.717, 1.165) is 28.5 Å². The van der Waals surface area contributed by atoms with Crippen LogP contribution in [0.1, 0.15) is 34.8 Å². The second-order valence-electron chi connectivity index (χ2n) is 7.41. The number of rotatable bonds is 9. The Kier molecular flexibility index (Phi) is 7.60. The van der Waals surface area contributed by atoms with Gasteiger partial charge in [0.1, 0.15) is 0 Å². The van der Waals surface area contributed by atoms with Gasteiger partial charge < -0.3 is 5.32 Å². The summed E-state index contributed by atoms with van der Waals surface area (Å²) in [6.07, 6.45) is 1.33. The number of amides is 1. The number of nitrogens with one attached hydrogen (secondary N) is 1. The van der Waals surface area contributed by atoms with Gasteiger partial charge in [0, 0.05) is 13.0 Å². The molecule has 0 saturated carbocycles. The van der Waals surface area contributed by atoms with Crippen LogP contribution in [0.2, 0.25) is 0 Å². The molecule has 162 valence electrons. The van der Waals surface area contributed by atoms with Crippen LogP contribution in [0, 0.1) is 0 Å². The summed E-state index contributed by atoms with van der Waals surface area (Å²) < 4.78 is 28.6. The molecule has 3 rings (SSSR count). The molecule has 5 nitrogen and oxygen atoms in total. The van der Waals surface area contributed by atoms with E-state index in [4.69, 9.17) is 4.18 Å². The molecular formula is C25H27NO4S. The predicted octanol–water partition coefficient (Wildman–Crippen LogP) is 4.58. The average Bonchev–Trinajstić information content (AvgIpc) is 2.77. The van der Waals surface area contributed by atoms with Crippen LogP contribution in [0.5, 0.6) is 0 Å². The van der Waals surface area contributed by atoms with Gasteiger partial charge in [0.25, 0.3) is 16.0 Å². The lowest BCUT2D eigenvalue weighted by Gasteiger charge is -2.19. The van der Waals surface area contributed by atoms with Crippen LogP contribution in [-0.4, -0.2) is 26.7 Å². The van der Waals surface area contributed by atoms with E-state index in [1.165, 1.54) is 0 Å². The molecule has 3 aromatic carbocycles. The molecule has 6 heteroatoms. The van der Waals surface area contributed by atoms with Gasteiger partial charge in [-0.05, 0) is 28.7 Å². The second kappa shape index (κ2) is 10.4. The summed E-state index contributed by atoms with van der Waals surface area (Å²) in [7, 11) is -3.60. The standard InChI is InChI=1S/C25H27NO4S/c1-3-22(30-31(2,28)29)17-21-15-10-16-23(20-13-8-5-9-14-20)24(21)25(27)26-18-19-11-6-4-7-12-19/h4-16,22H,3,17-18H2,1-2H3,(H,26,27). The third kappa shape index (κ3) is 6.51. The summed E-state index contributed by atoms with van der Waals surface area (Å²) in [6.45, 7) is 2.27. The average molecular weight is 438 g/mol. The number of carbonyl (C=O) groups excluding carboxylic acids is 1. The molecule has 0 saturated heterocycles. The van der Waals surface area contributed by atoms with Gasteiger partial charge in [0.2, 0.25) is 0 Å². The van der Waals surface area contributed by atoms with Crippen molar-refractivity contribution in [2.24, 2.45) is 0 Å². The lowest BCUT2D eigenvalue weighted by atomic mass is 9.91. The molecule has 0 heterocycles. The zero-order valence-corrected chi connectivity index (χ0v) is 18.6. The van der Waals surface area contributed by atoms with E-state index in [9.17, 15) is 13.2 Å². The number of carbonyl (C=O) groups is 1. The number of hydrogen-bond acceptors (Lipinski definition) is 4. The minimum Gasteiger partial charge on any atom is -0.348 e. The first-order chi connectivity index (χ1) is 14.9. The lowest BCUT2D eigenvalue weighted by Crippen LogP contribution is -2.26. The molecule has 1 atom stereocenters. The molecule has 1 amide bonds. The Balaban J connectivity index is 1.97. The zero-order valence-electron chi connectivity index (χ0n) is 17.7. The topological polar surface area (TPSA) is 72.5 Å². The molecule has 0 radical (unpaired) electrons. The Bertz CT molecular complexity index is 1110. The smallest absolute Gasteiger partial charge is 0.264 e. The monoisotopic (exact) mass is 437 g/mol. The maximum Gasteiger partial charge on any atom is 0.264 e. The largest absolute Gasteiger partial charge is 0.348 e. The van der Waals surface area contributed by atoms with E-state index in [-0.39, 0.29) is 5.91 Å². The molecule has 1 unspecified atom stereocenters. The first kappa shape index (κ1) is 22.7. The molecule has 1 N–H and O–H groups in total. The fraction of sp³-hybridized carbons (Fsp3) is 0.240. The molecule has 0 bridgehead atoms. The lowest BCUT2D eigenvalue weighted by molar-refractivity contribution is 0.0950. The minimum absolute atomic E-state index is 0.201. The van der Waals surface area contributed by atoms with Crippen molar-refractivity contribution in [3.63, 3.8) is 0 Å². The molecule has 0 aliphatic carbocycles. The maximum atomic E-state index is 13.3. The predicted molar refractivity (Wildman–Crippen MR) is 123 cm³/mol. The Labute approximate surface area is 184 Å². The highest BCUT2D eigenvalue weighted by molar-refractivity contribution is 7.86. The van der Waals surface area contributed by atoms with E-state index in [2.05, 4.69) is 5.32 Å². The highest BCUT2D eigenvalue weighted by Crippen LogP contribution is 2.28.